The molecule has 0 aromatic rings. The number of nitrogens with two attached hydrogens (primary N) is 4. The fourth-order valence-electron chi connectivity index (χ4n) is 1.47. The molecule has 0 radical (unpaired) electrons. The Bertz CT molecular complexity index is 456. The van der Waals surface area contributed by atoms with Crippen molar-refractivity contribution in [2.75, 3.05) is 6.61 Å². The molecule has 138 valence electrons. The van der Waals surface area contributed by atoms with E-state index in [1.807, 2.05) is 0 Å². The minimum absolute atomic E-state index is 0.0462. The zero-order valence-corrected chi connectivity index (χ0v) is 13.2. The van der Waals surface area contributed by atoms with Crippen molar-refractivity contribution in [2.24, 2.45) is 22.9 Å². The molecule has 0 aromatic heterocycles. The van der Waals surface area contributed by atoms with Gasteiger partial charge in [0.05, 0.1) is 19.2 Å². The molecule has 0 bridgehead atoms. The first-order valence-electron chi connectivity index (χ1n) is 7.28. The van der Waals surface area contributed by atoms with Crippen LogP contribution in [0.15, 0.2) is 0 Å². The molecule has 0 aromatic carbocycles. The molecule has 0 amide bonds. The lowest BCUT2D eigenvalue weighted by atomic mass is 10.1. The number of hydrogen-bond donors (Lipinski definition) is 5. The summed E-state index contributed by atoms with van der Waals surface area (Å²) in [6, 6.07) is -2.36. The first-order chi connectivity index (χ1) is 11.1. The van der Waals surface area contributed by atoms with Crippen molar-refractivity contribution in [1.29, 1.82) is 0 Å². The second-order valence-electron chi connectivity index (χ2n) is 5.11. The largest absolute Gasteiger partial charge is 0.480 e. The standard InChI is InChI=1S/C13H24N4O7/c14-7(13(22)23-5-4-9(16)17)2-1-3-10(18)24-11(19)6-8(15)12(20)21/h7-9H,1-6,14-17H2,(H,20,21)/t7?,8-/m0/s1. The van der Waals surface area contributed by atoms with Crippen LogP contribution in [0.3, 0.4) is 0 Å². The molecule has 0 aliphatic rings. The van der Waals surface area contributed by atoms with E-state index in [1.54, 1.807) is 0 Å². The van der Waals surface area contributed by atoms with Crippen LogP contribution in [0.1, 0.15) is 32.1 Å². The maximum Gasteiger partial charge on any atom is 0.322 e. The van der Waals surface area contributed by atoms with Crippen molar-refractivity contribution in [3.63, 3.8) is 0 Å². The number of ether oxygens (including phenoxy) is 2. The van der Waals surface area contributed by atoms with Gasteiger partial charge in [-0.15, -0.1) is 0 Å². The fourth-order valence-corrected chi connectivity index (χ4v) is 1.47. The van der Waals surface area contributed by atoms with E-state index in [0.29, 0.717) is 6.42 Å². The average molecular weight is 348 g/mol. The highest BCUT2D eigenvalue weighted by atomic mass is 16.6. The Kier molecular flexibility index (Phi) is 10.5. The highest BCUT2D eigenvalue weighted by Crippen LogP contribution is 2.04. The molecule has 0 rings (SSSR count). The second-order valence-corrected chi connectivity index (χ2v) is 5.11. The molecular weight excluding hydrogens is 324 g/mol. The predicted molar refractivity (Wildman–Crippen MR) is 80.9 cm³/mol. The second kappa shape index (κ2) is 11.5. The van der Waals surface area contributed by atoms with Crippen molar-refractivity contribution in [2.45, 2.75) is 50.4 Å². The molecule has 0 heterocycles. The summed E-state index contributed by atoms with van der Waals surface area (Å²) in [5.74, 6) is -3.91. The first-order valence-corrected chi connectivity index (χ1v) is 7.28. The fraction of sp³-hybridized carbons (Fsp3) is 0.692. The van der Waals surface area contributed by atoms with Gasteiger partial charge in [-0.3, -0.25) is 19.2 Å². The Morgan fingerprint density at radius 1 is 0.917 bits per heavy atom. The van der Waals surface area contributed by atoms with Crippen LogP contribution < -0.4 is 22.9 Å². The van der Waals surface area contributed by atoms with Gasteiger partial charge in [0.25, 0.3) is 0 Å². The number of carbonyl (C=O) groups excluding carboxylic acids is 3. The number of hydrogen-bond acceptors (Lipinski definition) is 10. The minimum atomic E-state index is -1.44. The SMILES string of the molecule is NC(N)CCOC(=O)C(N)CCCC(=O)OC(=O)C[C@H](N)C(=O)O. The number of aliphatic carboxylic acids is 1. The Hall–Kier alpha value is -2.08. The van der Waals surface area contributed by atoms with Crippen LogP contribution in [0, 0.1) is 0 Å². The summed E-state index contributed by atoms with van der Waals surface area (Å²) < 4.78 is 9.24. The van der Waals surface area contributed by atoms with Crippen molar-refractivity contribution in [1.82, 2.24) is 0 Å². The van der Waals surface area contributed by atoms with E-state index >= 15 is 0 Å². The topological polar surface area (TPSA) is 211 Å². The lowest BCUT2D eigenvalue weighted by Gasteiger charge is -2.12. The smallest absolute Gasteiger partial charge is 0.322 e. The van der Waals surface area contributed by atoms with Gasteiger partial charge in [0.1, 0.15) is 12.1 Å². The van der Waals surface area contributed by atoms with Crippen LogP contribution in [0.4, 0.5) is 0 Å². The summed E-state index contributed by atoms with van der Waals surface area (Å²) in [5.41, 5.74) is 21.3. The summed E-state index contributed by atoms with van der Waals surface area (Å²) >= 11 is 0. The van der Waals surface area contributed by atoms with Crippen molar-refractivity contribution in [3.05, 3.63) is 0 Å². The Balaban J connectivity index is 3.92. The molecule has 1 unspecified atom stereocenters. The minimum Gasteiger partial charge on any atom is -0.480 e. The molecular formula is C13H24N4O7. The van der Waals surface area contributed by atoms with Gasteiger partial charge in [-0.25, -0.2) is 0 Å². The molecule has 24 heavy (non-hydrogen) atoms. The van der Waals surface area contributed by atoms with Gasteiger partial charge < -0.3 is 37.5 Å². The van der Waals surface area contributed by atoms with Crippen LogP contribution in [-0.4, -0.2) is 53.8 Å². The number of rotatable bonds is 11. The number of carboxylic acids is 1. The van der Waals surface area contributed by atoms with Gasteiger partial charge >= 0.3 is 23.9 Å². The predicted octanol–water partition coefficient (Wildman–Crippen LogP) is -2.47. The van der Waals surface area contributed by atoms with E-state index in [-0.39, 0.29) is 25.9 Å². The first kappa shape index (κ1) is 21.9. The molecule has 0 saturated carbocycles. The van der Waals surface area contributed by atoms with E-state index in [0.717, 1.165) is 0 Å². The van der Waals surface area contributed by atoms with Crippen LogP contribution >= 0.6 is 0 Å². The maximum absolute atomic E-state index is 11.5. The molecule has 2 atom stereocenters. The number of carbonyl (C=O) groups is 4. The molecule has 11 heteroatoms. The van der Waals surface area contributed by atoms with Crippen LogP contribution in [0.25, 0.3) is 0 Å². The molecule has 11 nitrogen and oxygen atoms in total. The molecule has 9 N–H and O–H groups in total. The summed E-state index contributed by atoms with van der Waals surface area (Å²) in [5, 5.41) is 8.52. The lowest BCUT2D eigenvalue weighted by Crippen LogP contribution is -2.35. The van der Waals surface area contributed by atoms with Gasteiger partial charge in [0.2, 0.25) is 0 Å². The van der Waals surface area contributed by atoms with E-state index in [4.69, 9.17) is 32.8 Å². The van der Waals surface area contributed by atoms with E-state index < -0.39 is 48.5 Å². The van der Waals surface area contributed by atoms with Crippen molar-refractivity contribution in [3.8, 4) is 0 Å². The molecule has 0 spiro atoms. The molecule has 0 aliphatic carbocycles. The molecule has 0 saturated heterocycles. The van der Waals surface area contributed by atoms with Crippen LogP contribution in [0.5, 0.6) is 0 Å². The molecule has 0 aliphatic heterocycles. The molecule has 0 fully saturated rings. The van der Waals surface area contributed by atoms with E-state index in [2.05, 4.69) is 4.74 Å². The van der Waals surface area contributed by atoms with Crippen molar-refractivity contribution < 1.29 is 33.8 Å². The van der Waals surface area contributed by atoms with Gasteiger partial charge in [-0.2, -0.15) is 0 Å². The van der Waals surface area contributed by atoms with Crippen LogP contribution in [-0.2, 0) is 28.7 Å². The zero-order chi connectivity index (χ0) is 18.7. The summed E-state index contributed by atoms with van der Waals surface area (Å²) in [4.78, 5) is 44.6. The Labute approximate surface area is 138 Å². The van der Waals surface area contributed by atoms with Crippen molar-refractivity contribution >= 4 is 23.9 Å². The third-order valence-corrected chi connectivity index (χ3v) is 2.83. The highest BCUT2D eigenvalue weighted by molar-refractivity contribution is 5.88. The number of carboxylic acid groups (broad SMARTS) is 1. The highest BCUT2D eigenvalue weighted by Gasteiger charge is 2.20. The summed E-state index contributed by atoms with van der Waals surface area (Å²) in [7, 11) is 0. The Morgan fingerprint density at radius 2 is 1.54 bits per heavy atom. The normalized spacial score (nSPS) is 13.2. The van der Waals surface area contributed by atoms with Crippen LogP contribution in [0.2, 0.25) is 0 Å². The van der Waals surface area contributed by atoms with E-state index in [9.17, 15) is 19.2 Å². The van der Waals surface area contributed by atoms with Gasteiger partial charge in [0.15, 0.2) is 0 Å². The maximum atomic E-state index is 11.5. The Morgan fingerprint density at radius 3 is 2.08 bits per heavy atom. The summed E-state index contributed by atoms with van der Waals surface area (Å²) in [6.07, 6.45) is -0.741. The van der Waals surface area contributed by atoms with Gasteiger partial charge in [0, 0.05) is 12.8 Å². The monoisotopic (exact) mass is 348 g/mol. The number of esters is 3. The average Bonchev–Trinajstić information content (AvgIpc) is 2.45. The van der Waals surface area contributed by atoms with E-state index in [1.165, 1.54) is 0 Å². The van der Waals surface area contributed by atoms with Gasteiger partial charge in [-0.1, -0.05) is 0 Å². The third-order valence-electron chi connectivity index (χ3n) is 2.83. The lowest BCUT2D eigenvalue weighted by molar-refractivity contribution is -0.161. The zero-order valence-electron chi connectivity index (χ0n) is 13.2. The van der Waals surface area contributed by atoms with Gasteiger partial charge in [-0.05, 0) is 12.8 Å². The summed E-state index contributed by atoms with van der Waals surface area (Å²) in [6.45, 7) is 0.0462. The quantitative estimate of drug-likeness (QED) is 0.150. The third kappa shape index (κ3) is 10.6.